The van der Waals surface area contributed by atoms with Gasteiger partial charge in [-0.15, -0.1) is 10.2 Å². The monoisotopic (exact) mass is 312 g/mol. The molecule has 23 heavy (non-hydrogen) atoms. The van der Waals surface area contributed by atoms with Gasteiger partial charge < -0.3 is 10.2 Å². The lowest BCUT2D eigenvalue weighted by atomic mass is 10.2. The average Bonchev–Trinajstić information content (AvgIpc) is 2.58. The molecule has 5 nitrogen and oxygen atoms in total. The maximum absolute atomic E-state index is 12.6. The van der Waals surface area contributed by atoms with Crippen LogP contribution in [0.15, 0.2) is 42.5 Å². The molecule has 5 heteroatoms. The van der Waals surface area contributed by atoms with Gasteiger partial charge in [-0.2, -0.15) is 0 Å². The summed E-state index contributed by atoms with van der Waals surface area (Å²) in [6, 6.07) is 13.5. The molecule has 1 aromatic heterocycles. The Morgan fingerprint density at radius 3 is 2.43 bits per heavy atom. The van der Waals surface area contributed by atoms with Crippen molar-refractivity contribution in [3.63, 3.8) is 0 Å². The zero-order valence-corrected chi connectivity index (χ0v) is 14.0. The van der Waals surface area contributed by atoms with Gasteiger partial charge in [0, 0.05) is 19.6 Å². The fourth-order valence-electron chi connectivity index (χ4n) is 2.14. The Balaban J connectivity index is 2.02. The first kappa shape index (κ1) is 16.9. The molecule has 1 N–H and O–H groups in total. The van der Waals surface area contributed by atoms with Gasteiger partial charge in [0.25, 0.3) is 5.91 Å². The summed E-state index contributed by atoms with van der Waals surface area (Å²) >= 11 is 0. The zero-order chi connectivity index (χ0) is 16.7. The highest BCUT2D eigenvalue weighted by atomic mass is 16.2. The normalized spacial score (nSPS) is 10.6. The molecule has 0 bridgehead atoms. The minimum absolute atomic E-state index is 0.0979. The quantitative estimate of drug-likeness (QED) is 0.853. The maximum atomic E-state index is 12.6. The summed E-state index contributed by atoms with van der Waals surface area (Å²) in [6.07, 6.45) is 0. The zero-order valence-electron chi connectivity index (χ0n) is 14.0. The minimum Gasteiger partial charge on any atom is -0.368 e. The van der Waals surface area contributed by atoms with Crippen LogP contribution in [0.4, 0.5) is 5.82 Å². The Morgan fingerprint density at radius 2 is 1.87 bits per heavy atom. The van der Waals surface area contributed by atoms with E-state index in [9.17, 15) is 4.79 Å². The summed E-state index contributed by atoms with van der Waals surface area (Å²) in [6.45, 7) is 8.25. The molecule has 1 aromatic carbocycles. The fraction of sp³-hybridized carbons (Fsp3) is 0.389. The topological polar surface area (TPSA) is 58.1 Å². The van der Waals surface area contributed by atoms with Crippen LogP contribution in [0.5, 0.6) is 0 Å². The summed E-state index contributed by atoms with van der Waals surface area (Å²) in [7, 11) is 0. The molecular weight excluding hydrogens is 288 g/mol. The van der Waals surface area contributed by atoms with Crippen LogP contribution < -0.4 is 5.32 Å². The van der Waals surface area contributed by atoms with Crippen molar-refractivity contribution in [1.29, 1.82) is 0 Å². The molecule has 0 saturated carbocycles. The van der Waals surface area contributed by atoms with Crippen LogP contribution in [0.3, 0.4) is 0 Å². The lowest BCUT2D eigenvalue weighted by Gasteiger charge is -2.20. The fourth-order valence-corrected chi connectivity index (χ4v) is 2.14. The van der Waals surface area contributed by atoms with Gasteiger partial charge in [0.2, 0.25) is 0 Å². The van der Waals surface area contributed by atoms with E-state index in [-0.39, 0.29) is 5.91 Å². The summed E-state index contributed by atoms with van der Waals surface area (Å²) in [5.74, 6) is 1.13. The number of aromatic nitrogens is 2. The number of carbonyl (C=O) groups is 1. The Bertz CT molecular complexity index is 611. The molecule has 2 aromatic rings. The number of hydrogen-bond donors (Lipinski definition) is 1. The van der Waals surface area contributed by atoms with Gasteiger partial charge in [0.05, 0.1) is 0 Å². The Kier molecular flexibility index (Phi) is 6.09. The SMILES string of the molecule is CCN(Cc1ccccc1)C(=O)c1ccc(NCC(C)C)nn1. The van der Waals surface area contributed by atoms with Gasteiger partial charge in [-0.3, -0.25) is 4.79 Å². The highest BCUT2D eigenvalue weighted by Gasteiger charge is 2.16. The lowest BCUT2D eigenvalue weighted by Crippen LogP contribution is -2.31. The Labute approximate surface area is 137 Å². The van der Waals surface area contributed by atoms with Crippen LogP contribution in [0.25, 0.3) is 0 Å². The van der Waals surface area contributed by atoms with Crippen molar-refractivity contribution < 1.29 is 4.79 Å². The van der Waals surface area contributed by atoms with E-state index in [0.29, 0.717) is 30.5 Å². The third-order valence-electron chi connectivity index (χ3n) is 3.46. The van der Waals surface area contributed by atoms with Crippen molar-refractivity contribution in [3.05, 3.63) is 53.7 Å². The summed E-state index contributed by atoms with van der Waals surface area (Å²) < 4.78 is 0. The number of carbonyl (C=O) groups excluding carboxylic acids is 1. The first-order chi connectivity index (χ1) is 11.1. The summed E-state index contributed by atoms with van der Waals surface area (Å²) in [5, 5.41) is 11.3. The number of hydrogen-bond acceptors (Lipinski definition) is 4. The first-order valence-corrected chi connectivity index (χ1v) is 8.01. The van der Waals surface area contributed by atoms with E-state index in [1.165, 1.54) is 0 Å². The van der Waals surface area contributed by atoms with Crippen molar-refractivity contribution in [1.82, 2.24) is 15.1 Å². The molecule has 0 aliphatic carbocycles. The van der Waals surface area contributed by atoms with Gasteiger partial charge in [0.1, 0.15) is 5.82 Å². The molecule has 0 aliphatic heterocycles. The molecule has 0 spiro atoms. The molecule has 122 valence electrons. The number of benzene rings is 1. The van der Waals surface area contributed by atoms with Gasteiger partial charge in [0.15, 0.2) is 5.69 Å². The molecule has 0 unspecified atom stereocenters. The minimum atomic E-state index is -0.0979. The molecule has 2 rings (SSSR count). The van der Waals surface area contributed by atoms with Gasteiger partial charge in [-0.05, 0) is 30.5 Å². The van der Waals surface area contributed by atoms with Crippen LogP contribution >= 0.6 is 0 Å². The summed E-state index contributed by atoms with van der Waals surface area (Å²) in [4.78, 5) is 14.3. The largest absolute Gasteiger partial charge is 0.368 e. The standard InChI is InChI=1S/C18H24N4O/c1-4-22(13-15-8-6-5-7-9-15)18(23)16-10-11-17(21-20-16)19-12-14(2)3/h5-11,14H,4,12-13H2,1-3H3,(H,19,21). The molecule has 1 heterocycles. The van der Waals surface area contributed by atoms with Gasteiger partial charge in [-0.25, -0.2) is 0 Å². The first-order valence-electron chi connectivity index (χ1n) is 8.01. The lowest BCUT2D eigenvalue weighted by molar-refractivity contribution is 0.0745. The van der Waals surface area contributed by atoms with Crippen LogP contribution in [0.1, 0.15) is 36.8 Å². The Hall–Kier alpha value is -2.43. The van der Waals surface area contributed by atoms with E-state index >= 15 is 0 Å². The van der Waals surface area contributed by atoms with Gasteiger partial charge >= 0.3 is 0 Å². The van der Waals surface area contributed by atoms with Crippen molar-refractivity contribution >= 4 is 11.7 Å². The number of amides is 1. The molecular formula is C18H24N4O. The van der Waals surface area contributed by atoms with E-state index in [4.69, 9.17) is 0 Å². The predicted octanol–water partition coefficient (Wildman–Crippen LogP) is 3.21. The Morgan fingerprint density at radius 1 is 1.13 bits per heavy atom. The summed E-state index contributed by atoms with van der Waals surface area (Å²) in [5.41, 5.74) is 1.48. The average molecular weight is 312 g/mol. The molecule has 0 saturated heterocycles. The second-order valence-electron chi connectivity index (χ2n) is 5.88. The highest BCUT2D eigenvalue weighted by Crippen LogP contribution is 2.10. The van der Waals surface area contributed by atoms with Gasteiger partial charge in [-0.1, -0.05) is 44.2 Å². The van der Waals surface area contributed by atoms with Crippen LogP contribution in [0, 0.1) is 5.92 Å². The second-order valence-corrected chi connectivity index (χ2v) is 5.88. The number of anilines is 1. The molecule has 0 atom stereocenters. The van der Waals surface area contributed by atoms with Crippen molar-refractivity contribution in [3.8, 4) is 0 Å². The molecule has 0 radical (unpaired) electrons. The number of nitrogens with zero attached hydrogens (tertiary/aromatic N) is 3. The molecule has 0 aliphatic rings. The van der Waals surface area contributed by atoms with E-state index < -0.39 is 0 Å². The van der Waals surface area contributed by atoms with E-state index in [1.807, 2.05) is 37.3 Å². The van der Waals surface area contributed by atoms with Crippen molar-refractivity contribution in [2.75, 3.05) is 18.4 Å². The highest BCUT2D eigenvalue weighted by molar-refractivity contribution is 5.92. The number of rotatable bonds is 7. The smallest absolute Gasteiger partial charge is 0.274 e. The predicted molar refractivity (Wildman–Crippen MR) is 92.2 cm³/mol. The third-order valence-corrected chi connectivity index (χ3v) is 3.46. The molecule has 0 fully saturated rings. The van der Waals surface area contributed by atoms with E-state index in [1.54, 1.807) is 17.0 Å². The molecule has 1 amide bonds. The van der Waals surface area contributed by atoms with Crippen LogP contribution in [0.2, 0.25) is 0 Å². The van der Waals surface area contributed by atoms with E-state index in [2.05, 4.69) is 29.4 Å². The number of nitrogens with one attached hydrogen (secondary N) is 1. The van der Waals surface area contributed by atoms with Crippen LogP contribution in [-0.2, 0) is 6.54 Å². The van der Waals surface area contributed by atoms with Crippen LogP contribution in [-0.4, -0.2) is 34.1 Å². The maximum Gasteiger partial charge on any atom is 0.274 e. The van der Waals surface area contributed by atoms with Crippen molar-refractivity contribution in [2.24, 2.45) is 5.92 Å². The van der Waals surface area contributed by atoms with Crippen molar-refractivity contribution in [2.45, 2.75) is 27.3 Å². The third kappa shape index (κ3) is 5.06. The second kappa shape index (κ2) is 8.27. The van der Waals surface area contributed by atoms with E-state index in [0.717, 1.165) is 12.1 Å².